The number of nitrogens with zero attached hydrogens (tertiary/aromatic N) is 3. The highest BCUT2D eigenvalue weighted by atomic mass is 16.3. The van der Waals surface area contributed by atoms with E-state index in [1.54, 1.807) is 6.26 Å². The van der Waals surface area contributed by atoms with Crippen LogP contribution in [-0.4, -0.2) is 36.1 Å². The van der Waals surface area contributed by atoms with E-state index in [9.17, 15) is 0 Å². The summed E-state index contributed by atoms with van der Waals surface area (Å²) in [4.78, 5) is 9.61. The largest absolute Gasteiger partial charge is 0.444 e. The molecule has 26 heavy (non-hydrogen) atoms. The Hall–Kier alpha value is -2.59. The van der Waals surface area contributed by atoms with Gasteiger partial charge in [0.15, 0.2) is 0 Å². The zero-order valence-corrected chi connectivity index (χ0v) is 15.5. The molecule has 134 valence electrons. The molecule has 0 aliphatic carbocycles. The minimum atomic E-state index is 0.703. The molecule has 0 bridgehead atoms. The monoisotopic (exact) mass is 347 g/mol. The highest BCUT2D eigenvalue weighted by Gasteiger charge is 2.20. The summed E-state index contributed by atoms with van der Waals surface area (Å²) >= 11 is 0. The maximum absolute atomic E-state index is 5.66. The first kappa shape index (κ1) is 16.9. The van der Waals surface area contributed by atoms with Gasteiger partial charge in [-0.05, 0) is 43.2 Å². The van der Waals surface area contributed by atoms with Crippen LogP contribution in [0.3, 0.4) is 0 Å². The standard InChI is InChI=1S/C22H25N3O/c1-17-7-6-10-21(18(17)2)25-13-11-24(12-14-25)15-20-16-26-22(23-20)19-8-4-3-5-9-19/h3-10,16H,11-15H2,1-2H3. The highest BCUT2D eigenvalue weighted by molar-refractivity contribution is 5.56. The summed E-state index contributed by atoms with van der Waals surface area (Å²) in [6.45, 7) is 9.43. The molecule has 1 fully saturated rings. The smallest absolute Gasteiger partial charge is 0.226 e. The number of benzene rings is 2. The van der Waals surface area contributed by atoms with Crippen molar-refractivity contribution in [3.05, 3.63) is 71.6 Å². The molecule has 2 aromatic carbocycles. The predicted octanol–water partition coefficient (Wildman–Crippen LogP) is 4.28. The van der Waals surface area contributed by atoms with E-state index >= 15 is 0 Å². The zero-order chi connectivity index (χ0) is 17.9. The average molecular weight is 347 g/mol. The normalized spacial score (nSPS) is 15.4. The van der Waals surface area contributed by atoms with Gasteiger partial charge in [-0.25, -0.2) is 4.98 Å². The molecule has 0 amide bonds. The van der Waals surface area contributed by atoms with Crippen LogP contribution in [-0.2, 0) is 6.54 Å². The van der Waals surface area contributed by atoms with Gasteiger partial charge in [-0.3, -0.25) is 4.90 Å². The van der Waals surface area contributed by atoms with Gasteiger partial charge in [-0.1, -0.05) is 30.3 Å². The molecule has 0 saturated carbocycles. The molecule has 0 N–H and O–H groups in total. The Balaban J connectivity index is 1.37. The van der Waals surface area contributed by atoms with Crippen molar-refractivity contribution in [3.63, 3.8) is 0 Å². The molecule has 0 spiro atoms. The van der Waals surface area contributed by atoms with Gasteiger partial charge in [-0.15, -0.1) is 0 Å². The Labute approximate surface area is 155 Å². The van der Waals surface area contributed by atoms with Crippen LogP contribution in [0.5, 0.6) is 0 Å². The Kier molecular flexibility index (Phi) is 4.76. The van der Waals surface area contributed by atoms with Crippen LogP contribution < -0.4 is 4.90 Å². The summed E-state index contributed by atoms with van der Waals surface area (Å²) < 4.78 is 5.66. The average Bonchev–Trinajstić information content (AvgIpc) is 3.14. The lowest BCUT2D eigenvalue weighted by atomic mass is 10.1. The van der Waals surface area contributed by atoms with E-state index in [2.05, 4.69) is 46.8 Å². The van der Waals surface area contributed by atoms with Crippen molar-refractivity contribution >= 4 is 5.69 Å². The summed E-state index contributed by atoms with van der Waals surface area (Å²) in [6, 6.07) is 16.6. The van der Waals surface area contributed by atoms with Gasteiger partial charge in [-0.2, -0.15) is 0 Å². The molecular formula is C22H25N3O. The summed E-state index contributed by atoms with van der Waals surface area (Å²) in [6.07, 6.45) is 1.79. The van der Waals surface area contributed by atoms with Gasteiger partial charge in [0.25, 0.3) is 0 Å². The molecule has 0 atom stereocenters. The van der Waals surface area contributed by atoms with Gasteiger partial charge >= 0.3 is 0 Å². The molecule has 1 aromatic heterocycles. The fourth-order valence-electron chi connectivity index (χ4n) is 3.55. The van der Waals surface area contributed by atoms with Crippen molar-refractivity contribution in [1.29, 1.82) is 0 Å². The third kappa shape index (κ3) is 3.51. The summed E-state index contributed by atoms with van der Waals surface area (Å²) in [7, 11) is 0. The van der Waals surface area contributed by atoms with Gasteiger partial charge in [0.1, 0.15) is 6.26 Å². The van der Waals surface area contributed by atoms with Crippen molar-refractivity contribution in [2.24, 2.45) is 0 Å². The molecule has 1 aliphatic rings. The van der Waals surface area contributed by atoms with Crippen molar-refractivity contribution in [1.82, 2.24) is 9.88 Å². The summed E-state index contributed by atoms with van der Waals surface area (Å²) in [5.41, 5.74) is 6.16. The molecule has 2 heterocycles. The number of aryl methyl sites for hydroxylation is 1. The van der Waals surface area contributed by atoms with Gasteiger partial charge in [0.2, 0.25) is 5.89 Å². The summed E-state index contributed by atoms with van der Waals surface area (Å²) in [5.74, 6) is 0.703. The number of hydrogen-bond acceptors (Lipinski definition) is 4. The van der Waals surface area contributed by atoms with Crippen LogP contribution in [0.2, 0.25) is 0 Å². The minimum absolute atomic E-state index is 0.703. The van der Waals surface area contributed by atoms with Crippen molar-refractivity contribution in [2.75, 3.05) is 31.1 Å². The molecule has 4 nitrogen and oxygen atoms in total. The molecule has 1 aliphatic heterocycles. The Bertz CT molecular complexity index is 864. The quantitative estimate of drug-likeness (QED) is 0.705. The Morgan fingerprint density at radius 2 is 1.69 bits per heavy atom. The van der Waals surface area contributed by atoms with Crippen LogP contribution in [0.25, 0.3) is 11.5 Å². The lowest BCUT2D eigenvalue weighted by Crippen LogP contribution is -2.46. The number of rotatable bonds is 4. The first-order valence-corrected chi connectivity index (χ1v) is 9.24. The second-order valence-corrected chi connectivity index (χ2v) is 6.99. The van der Waals surface area contributed by atoms with Gasteiger partial charge in [0.05, 0.1) is 5.69 Å². The van der Waals surface area contributed by atoms with Crippen LogP contribution in [0.1, 0.15) is 16.8 Å². The molecule has 1 saturated heterocycles. The van der Waals surface area contributed by atoms with Crippen LogP contribution in [0, 0.1) is 13.8 Å². The topological polar surface area (TPSA) is 32.5 Å². The Morgan fingerprint density at radius 3 is 2.46 bits per heavy atom. The Morgan fingerprint density at radius 1 is 0.923 bits per heavy atom. The highest BCUT2D eigenvalue weighted by Crippen LogP contribution is 2.24. The van der Waals surface area contributed by atoms with Crippen molar-refractivity contribution < 1.29 is 4.42 Å². The molecule has 4 heteroatoms. The maximum atomic E-state index is 5.66. The second kappa shape index (κ2) is 7.34. The molecule has 0 unspecified atom stereocenters. The second-order valence-electron chi connectivity index (χ2n) is 6.99. The predicted molar refractivity (Wildman–Crippen MR) is 105 cm³/mol. The number of aromatic nitrogens is 1. The summed E-state index contributed by atoms with van der Waals surface area (Å²) in [5, 5.41) is 0. The fraction of sp³-hybridized carbons (Fsp3) is 0.318. The van der Waals surface area contributed by atoms with Crippen LogP contribution >= 0.6 is 0 Å². The SMILES string of the molecule is Cc1cccc(N2CCN(Cc3coc(-c4ccccc4)n3)CC2)c1C. The minimum Gasteiger partial charge on any atom is -0.444 e. The zero-order valence-electron chi connectivity index (χ0n) is 15.5. The van der Waals surface area contributed by atoms with E-state index in [-0.39, 0.29) is 0 Å². The molecular weight excluding hydrogens is 322 g/mol. The number of hydrogen-bond donors (Lipinski definition) is 0. The first-order chi connectivity index (χ1) is 12.7. The van der Waals surface area contributed by atoms with E-state index in [0.29, 0.717) is 5.89 Å². The van der Waals surface area contributed by atoms with Gasteiger partial charge < -0.3 is 9.32 Å². The number of oxazole rings is 1. The van der Waals surface area contributed by atoms with Crippen LogP contribution in [0.4, 0.5) is 5.69 Å². The lowest BCUT2D eigenvalue weighted by Gasteiger charge is -2.36. The van der Waals surface area contributed by atoms with Crippen molar-refractivity contribution in [2.45, 2.75) is 20.4 Å². The molecule has 4 rings (SSSR count). The lowest BCUT2D eigenvalue weighted by molar-refractivity contribution is 0.247. The maximum Gasteiger partial charge on any atom is 0.226 e. The molecule has 0 radical (unpaired) electrons. The van der Waals surface area contributed by atoms with E-state index in [0.717, 1.165) is 44.0 Å². The number of anilines is 1. The number of piperazine rings is 1. The van der Waals surface area contributed by atoms with E-state index in [4.69, 9.17) is 4.42 Å². The third-order valence-electron chi connectivity index (χ3n) is 5.25. The van der Waals surface area contributed by atoms with E-state index in [1.165, 1.54) is 16.8 Å². The third-order valence-corrected chi connectivity index (χ3v) is 5.25. The van der Waals surface area contributed by atoms with E-state index < -0.39 is 0 Å². The van der Waals surface area contributed by atoms with E-state index in [1.807, 2.05) is 30.3 Å². The fourth-order valence-corrected chi connectivity index (χ4v) is 3.55. The van der Waals surface area contributed by atoms with Crippen molar-refractivity contribution in [3.8, 4) is 11.5 Å². The van der Waals surface area contributed by atoms with Gasteiger partial charge in [0, 0.05) is 44.0 Å². The first-order valence-electron chi connectivity index (χ1n) is 9.24. The van der Waals surface area contributed by atoms with Crippen LogP contribution in [0.15, 0.2) is 59.2 Å². The molecule has 3 aromatic rings.